The van der Waals surface area contributed by atoms with Crippen molar-refractivity contribution in [2.24, 2.45) is 5.73 Å². The van der Waals surface area contributed by atoms with Gasteiger partial charge in [0.2, 0.25) is 5.91 Å². The molecule has 1 saturated heterocycles. The summed E-state index contributed by atoms with van der Waals surface area (Å²) in [4.78, 5) is 35.5. The molecule has 7 nitrogen and oxygen atoms in total. The van der Waals surface area contributed by atoms with Gasteiger partial charge in [0.1, 0.15) is 23.2 Å². The van der Waals surface area contributed by atoms with Crippen LogP contribution in [0.5, 0.6) is 0 Å². The molecule has 2 aliphatic heterocycles. The van der Waals surface area contributed by atoms with Crippen LogP contribution in [0.4, 0.5) is 0 Å². The highest BCUT2D eigenvalue weighted by atomic mass is 32.2. The Morgan fingerprint density at radius 3 is 2.75 bits per heavy atom. The standard InChI is InChI=1S/C12H16N2O5S/c1-3-7(19-5(2)15)6-4-20-11-8(13)10(16)14(11)9(6)12(17)18/h7-8,11H,3-4,13H2,1-2H3,(H,17,18)/t7?,8-,11+/m0/s1. The number of rotatable bonds is 4. The summed E-state index contributed by atoms with van der Waals surface area (Å²) in [6, 6.07) is -0.662. The Balaban J connectivity index is 2.39. The number of carbonyl (C=O) groups is 3. The van der Waals surface area contributed by atoms with Crippen molar-refractivity contribution in [3.8, 4) is 0 Å². The lowest BCUT2D eigenvalue weighted by atomic mass is 10.00. The summed E-state index contributed by atoms with van der Waals surface area (Å²) < 4.78 is 5.15. The van der Waals surface area contributed by atoms with Gasteiger partial charge in [0.25, 0.3) is 0 Å². The summed E-state index contributed by atoms with van der Waals surface area (Å²) >= 11 is 1.39. The van der Waals surface area contributed by atoms with E-state index in [0.29, 0.717) is 17.7 Å². The Morgan fingerprint density at radius 1 is 1.60 bits per heavy atom. The van der Waals surface area contributed by atoms with E-state index in [-0.39, 0.29) is 11.1 Å². The number of hydrogen-bond acceptors (Lipinski definition) is 6. The summed E-state index contributed by atoms with van der Waals surface area (Å²) in [7, 11) is 0. The lowest BCUT2D eigenvalue weighted by molar-refractivity contribution is -0.149. The fourth-order valence-electron chi connectivity index (χ4n) is 2.39. The predicted octanol–water partition coefficient (Wildman–Crippen LogP) is -0.0908. The van der Waals surface area contributed by atoms with Gasteiger partial charge in [-0.25, -0.2) is 4.79 Å². The SMILES string of the molecule is CCC(OC(C)=O)C1=C(C(=O)O)N2C(=O)[C@H](N)[C@H]2SC1. The van der Waals surface area contributed by atoms with Gasteiger partial charge in [-0.15, -0.1) is 11.8 Å². The van der Waals surface area contributed by atoms with Crippen molar-refractivity contribution in [1.82, 2.24) is 4.90 Å². The average molecular weight is 300 g/mol. The van der Waals surface area contributed by atoms with Crippen LogP contribution in [0.15, 0.2) is 11.3 Å². The van der Waals surface area contributed by atoms with Crippen molar-refractivity contribution < 1.29 is 24.2 Å². The number of nitrogens with two attached hydrogens (primary N) is 1. The number of carboxylic acid groups (broad SMARTS) is 1. The van der Waals surface area contributed by atoms with Crippen molar-refractivity contribution in [3.63, 3.8) is 0 Å². The van der Waals surface area contributed by atoms with Crippen molar-refractivity contribution in [2.45, 2.75) is 37.8 Å². The van der Waals surface area contributed by atoms with Gasteiger partial charge >= 0.3 is 11.9 Å². The molecule has 0 aromatic carbocycles. The Labute approximate surface area is 120 Å². The second kappa shape index (κ2) is 5.45. The first-order valence-electron chi connectivity index (χ1n) is 6.22. The van der Waals surface area contributed by atoms with Crippen LogP contribution in [0.3, 0.4) is 0 Å². The van der Waals surface area contributed by atoms with Crippen LogP contribution in [0.1, 0.15) is 20.3 Å². The molecule has 3 N–H and O–H groups in total. The number of nitrogens with zero attached hydrogens (tertiary/aromatic N) is 1. The summed E-state index contributed by atoms with van der Waals surface area (Å²) in [6.45, 7) is 3.06. The number of aliphatic carboxylic acids is 1. The highest BCUT2D eigenvalue weighted by Crippen LogP contribution is 2.41. The molecule has 8 heteroatoms. The molecule has 1 fully saturated rings. The van der Waals surface area contributed by atoms with Crippen LogP contribution in [0, 0.1) is 0 Å². The maximum atomic E-state index is 11.8. The zero-order chi connectivity index (χ0) is 15.0. The van der Waals surface area contributed by atoms with Crippen LogP contribution in [-0.2, 0) is 19.1 Å². The fourth-order valence-corrected chi connectivity index (χ4v) is 3.74. The van der Waals surface area contributed by atoms with Crippen LogP contribution in [-0.4, -0.2) is 51.1 Å². The molecule has 1 unspecified atom stereocenters. The minimum absolute atomic E-state index is 0.0893. The van der Waals surface area contributed by atoms with E-state index in [0.717, 1.165) is 0 Å². The topological polar surface area (TPSA) is 110 Å². The van der Waals surface area contributed by atoms with Gasteiger partial charge in [-0.05, 0) is 6.42 Å². The van der Waals surface area contributed by atoms with Gasteiger partial charge in [0.15, 0.2) is 0 Å². The molecule has 0 spiro atoms. The molecule has 0 aliphatic carbocycles. The van der Waals surface area contributed by atoms with E-state index in [9.17, 15) is 19.5 Å². The molecule has 110 valence electrons. The third kappa shape index (κ3) is 2.29. The van der Waals surface area contributed by atoms with E-state index in [1.807, 2.05) is 0 Å². The lowest BCUT2D eigenvalue weighted by Crippen LogP contribution is -2.68. The second-order valence-corrected chi connectivity index (χ2v) is 5.73. The minimum Gasteiger partial charge on any atom is -0.477 e. The average Bonchev–Trinajstić information content (AvgIpc) is 2.41. The number of carboxylic acids is 1. The molecule has 0 aromatic rings. The molecule has 0 aromatic heterocycles. The largest absolute Gasteiger partial charge is 0.477 e. The van der Waals surface area contributed by atoms with Crippen LogP contribution >= 0.6 is 11.8 Å². The number of β-lactam (4-membered cyclic amide) rings is 1. The molecule has 0 saturated carbocycles. The molecular weight excluding hydrogens is 284 g/mol. The molecule has 2 aliphatic rings. The first kappa shape index (κ1) is 14.9. The molecule has 3 atom stereocenters. The van der Waals surface area contributed by atoms with E-state index in [4.69, 9.17) is 10.5 Å². The highest BCUT2D eigenvalue weighted by Gasteiger charge is 2.52. The van der Waals surface area contributed by atoms with E-state index in [2.05, 4.69) is 0 Å². The zero-order valence-corrected chi connectivity index (χ0v) is 12.0. The van der Waals surface area contributed by atoms with E-state index in [1.54, 1.807) is 6.92 Å². The quantitative estimate of drug-likeness (QED) is 0.551. The second-order valence-electron chi connectivity index (χ2n) is 4.62. The highest BCUT2D eigenvalue weighted by molar-refractivity contribution is 8.00. The first-order valence-corrected chi connectivity index (χ1v) is 7.27. The molecule has 20 heavy (non-hydrogen) atoms. The molecule has 0 radical (unpaired) electrons. The maximum absolute atomic E-state index is 11.8. The zero-order valence-electron chi connectivity index (χ0n) is 11.2. The molecular formula is C12H16N2O5S. The predicted molar refractivity (Wildman–Crippen MR) is 71.6 cm³/mol. The monoisotopic (exact) mass is 300 g/mol. The first-order chi connectivity index (χ1) is 9.38. The van der Waals surface area contributed by atoms with Crippen LogP contribution < -0.4 is 5.73 Å². The lowest BCUT2D eigenvalue weighted by Gasteiger charge is -2.48. The number of fused-ring (bicyclic) bond motifs is 1. The maximum Gasteiger partial charge on any atom is 0.352 e. The van der Waals surface area contributed by atoms with Gasteiger partial charge in [-0.3, -0.25) is 14.5 Å². The van der Waals surface area contributed by atoms with Gasteiger partial charge in [0, 0.05) is 18.2 Å². The molecule has 1 amide bonds. The van der Waals surface area contributed by atoms with Crippen molar-refractivity contribution >= 4 is 29.6 Å². The Morgan fingerprint density at radius 2 is 2.25 bits per heavy atom. The number of ether oxygens (including phenoxy) is 1. The normalized spacial score (nSPS) is 26.8. The van der Waals surface area contributed by atoms with E-state index < -0.39 is 30.0 Å². The summed E-state index contributed by atoms with van der Waals surface area (Å²) in [6.07, 6.45) is -0.179. The Bertz CT molecular complexity index is 504. The minimum atomic E-state index is -1.20. The fraction of sp³-hybridized carbons (Fsp3) is 0.583. The number of carbonyl (C=O) groups excluding carboxylic acids is 2. The smallest absolute Gasteiger partial charge is 0.352 e. The summed E-state index contributed by atoms with van der Waals surface area (Å²) in [5.41, 5.74) is 6.03. The van der Waals surface area contributed by atoms with Crippen molar-refractivity contribution in [1.29, 1.82) is 0 Å². The number of hydrogen-bond donors (Lipinski definition) is 2. The molecule has 2 heterocycles. The third-order valence-corrected chi connectivity index (χ3v) is 4.63. The number of esters is 1. The van der Waals surface area contributed by atoms with E-state index in [1.165, 1.54) is 23.6 Å². The number of amides is 1. The Kier molecular flexibility index (Phi) is 4.05. The van der Waals surface area contributed by atoms with Gasteiger partial charge in [0.05, 0.1) is 0 Å². The molecule has 2 rings (SSSR count). The van der Waals surface area contributed by atoms with Gasteiger partial charge in [-0.1, -0.05) is 6.92 Å². The van der Waals surface area contributed by atoms with Crippen LogP contribution in [0.25, 0.3) is 0 Å². The van der Waals surface area contributed by atoms with Crippen molar-refractivity contribution in [2.75, 3.05) is 5.75 Å². The van der Waals surface area contributed by atoms with E-state index >= 15 is 0 Å². The Hall–Kier alpha value is -1.54. The summed E-state index contributed by atoms with van der Waals surface area (Å²) in [5, 5.41) is 9.03. The van der Waals surface area contributed by atoms with Gasteiger partial charge < -0.3 is 15.6 Å². The third-order valence-electron chi connectivity index (χ3n) is 3.31. The summed E-state index contributed by atoms with van der Waals surface area (Å²) in [5.74, 6) is -1.70. The molecule has 0 bridgehead atoms. The van der Waals surface area contributed by atoms with Crippen LogP contribution in [0.2, 0.25) is 0 Å². The van der Waals surface area contributed by atoms with Crippen molar-refractivity contribution in [3.05, 3.63) is 11.3 Å². The number of thioether (sulfide) groups is 1. The van der Waals surface area contributed by atoms with Gasteiger partial charge in [-0.2, -0.15) is 0 Å².